The third kappa shape index (κ3) is 4.75. The molecule has 0 aliphatic heterocycles. The first-order chi connectivity index (χ1) is 15.1. The lowest BCUT2D eigenvalue weighted by atomic mass is 9.98. The van der Waals surface area contributed by atoms with Crippen LogP contribution in [0.15, 0.2) is 78.9 Å². The second-order valence-corrected chi connectivity index (χ2v) is 7.63. The molecule has 1 aliphatic rings. The lowest BCUT2D eigenvalue weighted by Crippen LogP contribution is -2.26. The fraction of sp³-hybridized carbons (Fsp3) is 0.120. The number of alkyl carbamates (subject to hydrolysis) is 1. The molecule has 5 nitrogen and oxygen atoms in total. The lowest BCUT2D eigenvalue weighted by molar-refractivity contribution is 0.144. The van der Waals surface area contributed by atoms with Crippen molar-refractivity contribution in [3.63, 3.8) is 0 Å². The molecule has 3 aromatic carbocycles. The van der Waals surface area contributed by atoms with E-state index in [1.807, 2.05) is 60.7 Å². The number of ether oxygens (including phenoxy) is 1. The molecule has 0 radical (unpaired) electrons. The zero-order valence-corrected chi connectivity index (χ0v) is 17.7. The van der Waals surface area contributed by atoms with Crippen molar-refractivity contribution in [2.75, 3.05) is 18.5 Å². The predicted molar refractivity (Wildman–Crippen MR) is 129 cm³/mol. The number of thiocarbonyl (C=S) groups is 1. The molecule has 0 unspecified atom stereocenters. The van der Waals surface area contributed by atoms with Crippen LogP contribution in [0, 0.1) is 0 Å². The van der Waals surface area contributed by atoms with Crippen LogP contribution >= 0.6 is 12.2 Å². The van der Waals surface area contributed by atoms with Crippen LogP contribution in [0.5, 0.6) is 0 Å². The minimum atomic E-state index is -0.443. The quantitative estimate of drug-likeness (QED) is 0.486. The van der Waals surface area contributed by atoms with E-state index in [1.165, 1.54) is 22.3 Å². The molecule has 1 amide bonds. The maximum atomic E-state index is 12.2. The van der Waals surface area contributed by atoms with Crippen molar-refractivity contribution in [3.8, 4) is 11.1 Å². The maximum absolute atomic E-state index is 12.2. The summed E-state index contributed by atoms with van der Waals surface area (Å²) in [7, 11) is 0. The number of hydrogen-bond acceptors (Lipinski definition) is 3. The van der Waals surface area contributed by atoms with Gasteiger partial charge < -0.3 is 21.1 Å². The largest absolute Gasteiger partial charge is 0.449 e. The van der Waals surface area contributed by atoms with Gasteiger partial charge in [-0.3, -0.25) is 0 Å². The number of hydrogen-bond donors (Lipinski definition) is 3. The number of nitrogens with two attached hydrogens (primary N) is 1. The van der Waals surface area contributed by atoms with E-state index in [-0.39, 0.29) is 11.0 Å². The molecule has 156 valence electrons. The summed E-state index contributed by atoms with van der Waals surface area (Å²) in [6, 6.07) is 24.2. The van der Waals surface area contributed by atoms with Gasteiger partial charge in [-0.1, -0.05) is 78.9 Å². The zero-order valence-electron chi connectivity index (χ0n) is 16.9. The Hall–Kier alpha value is -3.64. The van der Waals surface area contributed by atoms with Gasteiger partial charge in [-0.05, 0) is 46.1 Å². The van der Waals surface area contributed by atoms with Crippen LogP contribution in [0.2, 0.25) is 0 Å². The van der Waals surface area contributed by atoms with Gasteiger partial charge in [0.2, 0.25) is 0 Å². The van der Waals surface area contributed by atoms with Crippen LogP contribution in [0.4, 0.5) is 10.5 Å². The Bertz CT molecular complexity index is 1100. The molecule has 3 aromatic rings. The summed E-state index contributed by atoms with van der Waals surface area (Å²) in [6.45, 7) is 0.641. The molecule has 4 rings (SSSR count). The molecule has 0 spiro atoms. The Morgan fingerprint density at radius 1 is 0.968 bits per heavy atom. The van der Waals surface area contributed by atoms with Gasteiger partial charge in [0, 0.05) is 18.2 Å². The van der Waals surface area contributed by atoms with E-state index in [9.17, 15) is 4.79 Å². The first-order valence-corrected chi connectivity index (χ1v) is 10.4. The highest BCUT2D eigenvalue weighted by atomic mass is 32.1. The number of fused-ring (bicyclic) bond motifs is 3. The zero-order chi connectivity index (χ0) is 21.6. The number of benzene rings is 3. The minimum Gasteiger partial charge on any atom is -0.449 e. The Morgan fingerprint density at radius 3 is 2.26 bits per heavy atom. The van der Waals surface area contributed by atoms with Gasteiger partial charge in [0.25, 0.3) is 0 Å². The number of carbonyl (C=O) groups excluding carboxylic acids is 1. The Labute approximate surface area is 186 Å². The summed E-state index contributed by atoms with van der Waals surface area (Å²) in [5.74, 6) is 0.0479. The number of rotatable bonds is 6. The highest BCUT2D eigenvalue weighted by Crippen LogP contribution is 2.44. The number of para-hydroxylation sites is 1. The average molecular weight is 430 g/mol. The van der Waals surface area contributed by atoms with Crippen molar-refractivity contribution < 1.29 is 9.53 Å². The molecule has 0 aromatic heterocycles. The molecule has 0 saturated carbocycles. The highest BCUT2D eigenvalue weighted by molar-refractivity contribution is 7.80. The van der Waals surface area contributed by atoms with Crippen molar-refractivity contribution in [2.24, 2.45) is 5.73 Å². The lowest BCUT2D eigenvalue weighted by Gasteiger charge is -2.14. The van der Waals surface area contributed by atoms with Crippen LogP contribution in [-0.2, 0) is 4.74 Å². The third-order valence-corrected chi connectivity index (χ3v) is 5.33. The smallest absolute Gasteiger partial charge is 0.407 e. The molecular weight excluding hydrogens is 406 g/mol. The summed E-state index contributed by atoms with van der Waals surface area (Å²) in [5, 5.41) is 5.91. The number of carbonyl (C=O) groups is 1. The molecule has 0 saturated heterocycles. The fourth-order valence-corrected chi connectivity index (χ4v) is 3.98. The second-order valence-electron chi connectivity index (χ2n) is 7.19. The van der Waals surface area contributed by atoms with Crippen molar-refractivity contribution in [3.05, 3.63) is 95.6 Å². The van der Waals surface area contributed by atoms with Crippen LogP contribution in [-0.4, -0.2) is 24.4 Å². The number of anilines is 1. The molecular formula is C25H23N3O2S. The van der Waals surface area contributed by atoms with E-state index >= 15 is 0 Å². The van der Waals surface area contributed by atoms with Crippen molar-refractivity contribution in [2.45, 2.75) is 5.92 Å². The molecule has 6 heteroatoms. The Kier molecular flexibility index (Phi) is 6.29. The first-order valence-electron chi connectivity index (χ1n) is 10.0. The fourth-order valence-electron chi connectivity index (χ4n) is 3.87. The predicted octanol–water partition coefficient (Wildman–Crippen LogP) is 4.89. The second kappa shape index (κ2) is 9.45. The molecule has 1 aliphatic carbocycles. The summed E-state index contributed by atoms with van der Waals surface area (Å²) in [4.78, 5) is 12.2. The maximum Gasteiger partial charge on any atom is 0.407 e. The van der Waals surface area contributed by atoms with Crippen molar-refractivity contribution >= 4 is 35.2 Å². The minimum absolute atomic E-state index is 0.0479. The molecule has 31 heavy (non-hydrogen) atoms. The van der Waals surface area contributed by atoms with Crippen LogP contribution in [0.1, 0.15) is 22.6 Å². The van der Waals surface area contributed by atoms with E-state index < -0.39 is 6.09 Å². The van der Waals surface area contributed by atoms with Crippen molar-refractivity contribution in [1.82, 2.24) is 5.32 Å². The van der Waals surface area contributed by atoms with Gasteiger partial charge in [0.05, 0.1) is 0 Å². The van der Waals surface area contributed by atoms with E-state index in [0.717, 1.165) is 11.3 Å². The normalized spacial score (nSPS) is 12.3. The summed E-state index contributed by atoms with van der Waals surface area (Å²) < 4.78 is 5.54. The standard InChI is InChI=1S/C25H23N3O2S/c26-24(31)28-23-14-6-1-8-17(23)9-7-15-27-25(29)30-16-22-20-12-4-2-10-18(20)19-11-3-5-13-21(19)22/h1-14,22H,15-16H2,(H,27,29)(H3,26,28,31). The molecule has 0 bridgehead atoms. The molecule has 0 atom stereocenters. The van der Waals surface area contributed by atoms with Crippen LogP contribution in [0.25, 0.3) is 17.2 Å². The van der Waals surface area contributed by atoms with Crippen LogP contribution < -0.4 is 16.4 Å². The molecule has 0 fully saturated rings. The van der Waals surface area contributed by atoms with Gasteiger partial charge >= 0.3 is 6.09 Å². The number of nitrogens with one attached hydrogen (secondary N) is 2. The third-order valence-electron chi connectivity index (χ3n) is 5.22. The van der Waals surface area contributed by atoms with Gasteiger partial charge in [-0.15, -0.1) is 0 Å². The Morgan fingerprint density at radius 2 is 1.58 bits per heavy atom. The van der Waals surface area contributed by atoms with E-state index in [2.05, 4.69) is 34.9 Å². The Balaban J connectivity index is 1.33. The molecule has 4 N–H and O–H groups in total. The van der Waals surface area contributed by atoms with Gasteiger partial charge in [-0.25, -0.2) is 4.79 Å². The summed E-state index contributed by atoms with van der Waals surface area (Å²) in [6.07, 6.45) is 3.30. The van der Waals surface area contributed by atoms with Gasteiger partial charge in [0.15, 0.2) is 5.11 Å². The summed E-state index contributed by atoms with van der Waals surface area (Å²) >= 11 is 4.90. The van der Waals surface area contributed by atoms with Crippen molar-refractivity contribution in [1.29, 1.82) is 0 Å². The van der Waals surface area contributed by atoms with E-state index in [0.29, 0.717) is 13.2 Å². The van der Waals surface area contributed by atoms with E-state index in [4.69, 9.17) is 22.7 Å². The number of amides is 1. The van der Waals surface area contributed by atoms with Crippen LogP contribution in [0.3, 0.4) is 0 Å². The van der Waals surface area contributed by atoms with Gasteiger partial charge in [-0.2, -0.15) is 0 Å². The topological polar surface area (TPSA) is 76.4 Å². The van der Waals surface area contributed by atoms with E-state index in [1.54, 1.807) is 0 Å². The average Bonchev–Trinajstić information content (AvgIpc) is 3.10. The monoisotopic (exact) mass is 429 g/mol. The molecule has 0 heterocycles. The first kappa shape index (κ1) is 20.6. The SMILES string of the molecule is NC(=S)Nc1ccccc1C=CCNC(=O)OCC1c2ccccc2-c2ccccc21. The summed E-state index contributed by atoms with van der Waals surface area (Å²) in [5.41, 5.74) is 12.1. The van der Waals surface area contributed by atoms with Gasteiger partial charge in [0.1, 0.15) is 6.61 Å². The highest BCUT2D eigenvalue weighted by Gasteiger charge is 2.28.